The molecular weight excluding hydrogens is 260 g/mol. The third-order valence-electron chi connectivity index (χ3n) is 5.04. The Balaban J connectivity index is 0.00000180. The van der Waals surface area contributed by atoms with E-state index < -0.39 is 0 Å². The molecule has 1 heterocycles. The number of hydrogen-bond acceptors (Lipinski definition) is 2. The van der Waals surface area contributed by atoms with Gasteiger partial charge in [0.15, 0.2) is 0 Å². The summed E-state index contributed by atoms with van der Waals surface area (Å²) in [6, 6.07) is 0. The molecule has 2 rings (SSSR count). The van der Waals surface area contributed by atoms with E-state index >= 15 is 0 Å². The quantitative estimate of drug-likeness (QED) is 0.817. The molecule has 3 nitrogen and oxygen atoms in total. The normalized spacial score (nSPS) is 26.7. The van der Waals surface area contributed by atoms with Crippen molar-refractivity contribution in [2.45, 2.75) is 64.3 Å². The fourth-order valence-electron chi connectivity index (χ4n) is 3.34. The predicted molar refractivity (Wildman–Crippen MR) is 81.6 cm³/mol. The van der Waals surface area contributed by atoms with Crippen LogP contribution < -0.4 is 10.6 Å². The lowest BCUT2D eigenvalue weighted by Gasteiger charge is -2.42. The van der Waals surface area contributed by atoms with Crippen molar-refractivity contribution in [3.8, 4) is 0 Å². The molecule has 2 fully saturated rings. The largest absolute Gasteiger partial charge is 0.351 e. The van der Waals surface area contributed by atoms with Crippen molar-refractivity contribution >= 4 is 18.3 Å². The van der Waals surface area contributed by atoms with E-state index in [0.29, 0.717) is 18.3 Å². The highest BCUT2D eigenvalue weighted by Crippen LogP contribution is 2.35. The molecule has 0 aromatic carbocycles. The fourth-order valence-corrected chi connectivity index (χ4v) is 3.34. The molecule has 1 saturated carbocycles. The van der Waals surface area contributed by atoms with Crippen molar-refractivity contribution in [1.82, 2.24) is 10.6 Å². The van der Waals surface area contributed by atoms with Gasteiger partial charge in [0.05, 0.1) is 0 Å². The minimum absolute atomic E-state index is 0. The van der Waals surface area contributed by atoms with Crippen LogP contribution in [0.1, 0.15) is 58.8 Å². The zero-order valence-corrected chi connectivity index (χ0v) is 13.2. The van der Waals surface area contributed by atoms with Gasteiger partial charge in [-0.05, 0) is 63.5 Å². The highest BCUT2D eigenvalue weighted by Gasteiger charge is 2.36. The fraction of sp³-hybridized carbons (Fsp3) is 0.933. The lowest BCUT2D eigenvalue weighted by molar-refractivity contribution is -0.125. The maximum Gasteiger partial charge on any atom is 0.220 e. The van der Waals surface area contributed by atoms with Crippen LogP contribution in [0.25, 0.3) is 0 Å². The number of nitrogens with one attached hydrogen (secondary N) is 2. The number of hydrogen-bond donors (Lipinski definition) is 2. The van der Waals surface area contributed by atoms with Crippen molar-refractivity contribution in [2.75, 3.05) is 13.1 Å². The van der Waals surface area contributed by atoms with Gasteiger partial charge in [0.1, 0.15) is 0 Å². The molecule has 0 aromatic heterocycles. The number of carbonyl (C=O) groups is 1. The van der Waals surface area contributed by atoms with Crippen LogP contribution >= 0.6 is 12.4 Å². The minimum Gasteiger partial charge on any atom is -0.351 e. The van der Waals surface area contributed by atoms with Crippen LogP contribution in [-0.2, 0) is 4.79 Å². The molecule has 0 aromatic rings. The van der Waals surface area contributed by atoms with E-state index in [1.807, 2.05) is 0 Å². The molecular formula is C15H29ClN2O. The SMILES string of the molecule is CCC1(NC(=O)CC(C)C2CCCNC2)CCC1.Cl. The second-order valence-electron chi connectivity index (χ2n) is 6.32. The molecule has 112 valence electrons. The Morgan fingerprint density at radius 2 is 2.16 bits per heavy atom. The molecule has 1 amide bonds. The maximum absolute atomic E-state index is 12.1. The zero-order valence-electron chi connectivity index (χ0n) is 12.3. The summed E-state index contributed by atoms with van der Waals surface area (Å²) in [5.74, 6) is 1.46. The van der Waals surface area contributed by atoms with E-state index in [1.54, 1.807) is 0 Å². The highest BCUT2D eigenvalue weighted by molar-refractivity contribution is 5.85. The van der Waals surface area contributed by atoms with Gasteiger partial charge >= 0.3 is 0 Å². The van der Waals surface area contributed by atoms with Crippen LogP contribution in [-0.4, -0.2) is 24.5 Å². The Morgan fingerprint density at radius 1 is 1.42 bits per heavy atom. The van der Waals surface area contributed by atoms with Crippen molar-refractivity contribution < 1.29 is 4.79 Å². The summed E-state index contributed by atoms with van der Waals surface area (Å²) in [4.78, 5) is 12.1. The minimum atomic E-state index is 0. The molecule has 1 saturated heterocycles. The van der Waals surface area contributed by atoms with Crippen molar-refractivity contribution in [3.05, 3.63) is 0 Å². The number of halogens is 1. The summed E-state index contributed by atoms with van der Waals surface area (Å²) in [6.45, 7) is 6.66. The van der Waals surface area contributed by atoms with E-state index in [-0.39, 0.29) is 23.9 Å². The molecule has 19 heavy (non-hydrogen) atoms. The number of amides is 1. The molecule has 0 spiro atoms. The summed E-state index contributed by atoms with van der Waals surface area (Å²) in [7, 11) is 0. The molecule has 2 unspecified atom stereocenters. The standard InChI is InChI=1S/C15H28N2O.ClH/c1-3-15(7-5-8-15)17-14(18)10-12(2)13-6-4-9-16-11-13;/h12-13,16H,3-11H2,1-2H3,(H,17,18);1H. The summed E-state index contributed by atoms with van der Waals surface area (Å²) in [5.41, 5.74) is 0.154. The summed E-state index contributed by atoms with van der Waals surface area (Å²) in [5, 5.41) is 6.73. The van der Waals surface area contributed by atoms with E-state index in [0.717, 1.165) is 19.5 Å². The topological polar surface area (TPSA) is 41.1 Å². The molecule has 1 aliphatic heterocycles. The third-order valence-corrected chi connectivity index (χ3v) is 5.04. The third kappa shape index (κ3) is 4.35. The summed E-state index contributed by atoms with van der Waals surface area (Å²) in [6.07, 6.45) is 7.95. The Kier molecular flexibility index (Phi) is 6.61. The number of piperidine rings is 1. The number of carbonyl (C=O) groups excluding carboxylic acids is 1. The van der Waals surface area contributed by atoms with Gasteiger partial charge in [-0.2, -0.15) is 0 Å². The van der Waals surface area contributed by atoms with Crippen molar-refractivity contribution in [3.63, 3.8) is 0 Å². The first-order valence-electron chi connectivity index (χ1n) is 7.67. The lowest BCUT2D eigenvalue weighted by Crippen LogP contribution is -2.53. The van der Waals surface area contributed by atoms with Gasteiger partial charge in [-0.3, -0.25) is 4.79 Å². The highest BCUT2D eigenvalue weighted by atomic mass is 35.5. The van der Waals surface area contributed by atoms with Crippen LogP contribution in [0, 0.1) is 11.8 Å². The molecule has 1 aliphatic carbocycles. The Morgan fingerprint density at radius 3 is 2.63 bits per heavy atom. The average molecular weight is 289 g/mol. The maximum atomic E-state index is 12.1. The smallest absolute Gasteiger partial charge is 0.220 e. The second-order valence-corrected chi connectivity index (χ2v) is 6.32. The molecule has 0 radical (unpaired) electrons. The van der Waals surface area contributed by atoms with Crippen LogP contribution in [0.2, 0.25) is 0 Å². The molecule has 2 atom stereocenters. The van der Waals surface area contributed by atoms with Gasteiger partial charge in [0.25, 0.3) is 0 Å². The van der Waals surface area contributed by atoms with E-state index in [4.69, 9.17) is 0 Å². The monoisotopic (exact) mass is 288 g/mol. The zero-order chi connectivity index (χ0) is 13.0. The predicted octanol–water partition coefficient (Wildman–Crippen LogP) is 2.88. The van der Waals surface area contributed by atoms with Crippen LogP contribution in [0.5, 0.6) is 0 Å². The summed E-state index contributed by atoms with van der Waals surface area (Å²) >= 11 is 0. The lowest BCUT2D eigenvalue weighted by atomic mass is 9.74. The van der Waals surface area contributed by atoms with E-state index in [9.17, 15) is 4.79 Å². The van der Waals surface area contributed by atoms with E-state index in [1.165, 1.54) is 32.1 Å². The Labute approximate surface area is 123 Å². The van der Waals surface area contributed by atoms with Crippen LogP contribution in [0.15, 0.2) is 0 Å². The second kappa shape index (κ2) is 7.49. The molecule has 0 bridgehead atoms. The van der Waals surface area contributed by atoms with Crippen LogP contribution in [0.4, 0.5) is 0 Å². The van der Waals surface area contributed by atoms with Gasteiger partial charge in [-0.25, -0.2) is 0 Å². The van der Waals surface area contributed by atoms with Gasteiger partial charge in [-0.1, -0.05) is 13.8 Å². The van der Waals surface area contributed by atoms with Gasteiger partial charge in [-0.15, -0.1) is 12.4 Å². The first-order chi connectivity index (χ1) is 8.65. The van der Waals surface area contributed by atoms with Crippen LogP contribution in [0.3, 0.4) is 0 Å². The van der Waals surface area contributed by atoms with Gasteiger partial charge in [0.2, 0.25) is 5.91 Å². The first kappa shape index (κ1) is 16.8. The average Bonchev–Trinajstić information content (AvgIpc) is 2.35. The Bertz CT molecular complexity index is 280. The Hall–Kier alpha value is -0.280. The van der Waals surface area contributed by atoms with E-state index in [2.05, 4.69) is 24.5 Å². The molecule has 4 heteroatoms. The van der Waals surface area contributed by atoms with Gasteiger partial charge < -0.3 is 10.6 Å². The van der Waals surface area contributed by atoms with Crippen molar-refractivity contribution in [2.24, 2.45) is 11.8 Å². The first-order valence-corrected chi connectivity index (χ1v) is 7.67. The molecule has 2 N–H and O–H groups in total. The summed E-state index contributed by atoms with van der Waals surface area (Å²) < 4.78 is 0. The van der Waals surface area contributed by atoms with Crippen molar-refractivity contribution in [1.29, 1.82) is 0 Å². The number of rotatable bonds is 5. The molecule has 2 aliphatic rings. The van der Waals surface area contributed by atoms with Gasteiger partial charge in [0, 0.05) is 12.0 Å².